The minimum absolute atomic E-state index is 1.21. The van der Waals surface area contributed by atoms with E-state index in [1.54, 1.807) is 0 Å². The standard InChI is InChI=1S/C19H15Se/c1-14-10-12-16(13-11-14)18-9-5-8-17(19(18)20)15-6-3-2-4-7-15/h2-13H,1H3. The zero-order valence-electron chi connectivity index (χ0n) is 11.3. The van der Waals surface area contributed by atoms with Gasteiger partial charge < -0.3 is 0 Å². The van der Waals surface area contributed by atoms with Gasteiger partial charge in [-0.2, -0.15) is 0 Å². The summed E-state index contributed by atoms with van der Waals surface area (Å²) in [6.45, 7) is 2.11. The fourth-order valence-corrected chi connectivity index (χ4v) is 3.12. The first-order valence-corrected chi connectivity index (χ1v) is 7.54. The van der Waals surface area contributed by atoms with E-state index in [1.807, 2.05) is 6.07 Å². The zero-order valence-corrected chi connectivity index (χ0v) is 13.0. The van der Waals surface area contributed by atoms with E-state index in [0.29, 0.717) is 0 Å². The summed E-state index contributed by atoms with van der Waals surface area (Å²) < 4.78 is 1.21. The summed E-state index contributed by atoms with van der Waals surface area (Å²) in [4.78, 5) is 0. The second kappa shape index (κ2) is 5.66. The third kappa shape index (κ3) is 2.56. The van der Waals surface area contributed by atoms with E-state index in [1.165, 1.54) is 32.3 Å². The molecule has 0 saturated heterocycles. The zero-order chi connectivity index (χ0) is 13.9. The topological polar surface area (TPSA) is 0 Å². The number of aryl methyl sites for hydroxylation is 1. The van der Waals surface area contributed by atoms with E-state index in [-0.39, 0.29) is 0 Å². The molecule has 0 atom stereocenters. The predicted molar refractivity (Wildman–Crippen MR) is 87.4 cm³/mol. The third-order valence-corrected chi connectivity index (χ3v) is 4.39. The molecule has 0 amide bonds. The Bertz CT molecular complexity index is 713. The van der Waals surface area contributed by atoms with Crippen LogP contribution in [0.25, 0.3) is 22.3 Å². The normalized spacial score (nSPS) is 10.4. The molecule has 97 valence electrons. The number of hydrogen-bond acceptors (Lipinski definition) is 0. The molecule has 0 spiro atoms. The molecule has 0 bridgehead atoms. The van der Waals surface area contributed by atoms with Gasteiger partial charge >= 0.3 is 128 Å². The average molecular weight is 322 g/mol. The average Bonchev–Trinajstić information content (AvgIpc) is 2.49. The third-order valence-electron chi connectivity index (χ3n) is 3.46. The van der Waals surface area contributed by atoms with Gasteiger partial charge in [-0.05, 0) is 0 Å². The van der Waals surface area contributed by atoms with Crippen LogP contribution in [0.15, 0.2) is 72.8 Å². The Labute approximate surface area is 128 Å². The van der Waals surface area contributed by atoms with Crippen molar-refractivity contribution in [2.75, 3.05) is 0 Å². The Morgan fingerprint density at radius 3 is 1.75 bits per heavy atom. The Hall–Kier alpha value is -1.82. The van der Waals surface area contributed by atoms with Gasteiger partial charge in [-0.3, -0.25) is 0 Å². The van der Waals surface area contributed by atoms with Crippen LogP contribution in [0.2, 0.25) is 0 Å². The van der Waals surface area contributed by atoms with Crippen LogP contribution in [-0.2, 0) is 0 Å². The van der Waals surface area contributed by atoms with Crippen molar-refractivity contribution in [2.45, 2.75) is 6.92 Å². The minimum atomic E-state index is 1.21. The van der Waals surface area contributed by atoms with Crippen LogP contribution in [0.5, 0.6) is 0 Å². The summed E-state index contributed by atoms with van der Waals surface area (Å²) in [5.41, 5.74) is 6.29. The molecule has 0 unspecified atom stereocenters. The van der Waals surface area contributed by atoms with Crippen molar-refractivity contribution >= 4 is 20.5 Å². The van der Waals surface area contributed by atoms with Crippen molar-refractivity contribution < 1.29 is 0 Å². The molecule has 20 heavy (non-hydrogen) atoms. The molecule has 0 N–H and O–H groups in total. The summed E-state index contributed by atoms with van der Waals surface area (Å²) in [5, 5.41) is 0. The molecule has 0 aliphatic carbocycles. The van der Waals surface area contributed by atoms with Crippen molar-refractivity contribution in [1.29, 1.82) is 0 Å². The maximum absolute atomic E-state index is 3.25. The summed E-state index contributed by atoms with van der Waals surface area (Å²) in [6, 6.07) is 25.6. The molecule has 1 heteroatoms. The fraction of sp³-hybridized carbons (Fsp3) is 0.0526. The fourth-order valence-electron chi connectivity index (χ4n) is 2.34. The van der Waals surface area contributed by atoms with Gasteiger partial charge in [-0.25, -0.2) is 0 Å². The van der Waals surface area contributed by atoms with Gasteiger partial charge in [0, 0.05) is 0 Å². The molecule has 0 fully saturated rings. The summed E-state index contributed by atoms with van der Waals surface area (Å²) in [7, 11) is 0. The van der Waals surface area contributed by atoms with E-state index in [2.05, 4.69) is 89.7 Å². The van der Waals surface area contributed by atoms with Gasteiger partial charge in [0.25, 0.3) is 0 Å². The van der Waals surface area contributed by atoms with Gasteiger partial charge in [0.15, 0.2) is 0 Å². The SMILES string of the molecule is Cc1ccc(-c2cccc(-c3ccccc3)c2[Se])cc1. The molecular formula is C19H15Se. The quantitative estimate of drug-likeness (QED) is 0.623. The monoisotopic (exact) mass is 323 g/mol. The van der Waals surface area contributed by atoms with Gasteiger partial charge in [-0.1, -0.05) is 0 Å². The van der Waals surface area contributed by atoms with Crippen LogP contribution < -0.4 is 4.46 Å². The first-order valence-electron chi connectivity index (χ1n) is 6.68. The number of benzene rings is 3. The molecule has 0 aliphatic rings. The molecule has 3 rings (SSSR count). The van der Waals surface area contributed by atoms with Crippen LogP contribution >= 0.6 is 0 Å². The van der Waals surface area contributed by atoms with Crippen molar-refractivity contribution in [1.82, 2.24) is 0 Å². The molecule has 1 radical (unpaired) electrons. The second-order valence-electron chi connectivity index (χ2n) is 4.91. The van der Waals surface area contributed by atoms with Crippen molar-refractivity contribution in [3.8, 4) is 22.3 Å². The van der Waals surface area contributed by atoms with Gasteiger partial charge in [-0.15, -0.1) is 0 Å². The van der Waals surface area contributed by atoms with E-state index < -0.39 is 0 Å². The van der Waals surface area contributed by atoms with Crippen LogP contribution in [0.1, 0.15) is 5.56 Å². The molecular weight excluding hydrogens is 307 g/mol. The Balaban J connectivity index is 2.13. The molecule has 0 aliphatic heterocycles. The van der Waals surface area contributed by atoms with Crippen LogP contribution in [0.3, 0.4) is 0 Å². The van der Waals surface area contributed by atoms with Crippen molar-refractivity contribution in [2.24, 2.45) is 0 Å². The van der Waals surface area contributed by atoms with E-state index in [4.69, 9.17) is 0 Å². The molecule has 0 aromatic heterocycles. The summed E-state index contributed by atoms with van der Waals surface area (Å²) >= 11 is 3.25. The molecule has 3 aromatic rings. The van der Waals surface area contributed by atoms with Gasteiger partial charge in [0.1, 0.15) is 0 Å². The van der Waals surface area contributed by atoms with E-state index in [9.17, 15) is 0 Å². The van der Waals surface area contributed by atoms with Crippen LogP contribution in [0, 0.1) is 6.92 Å². The van der Waals surface area contributed by atoms with Crippen LogP contribution in [0.4, 0.5) is 0 Å². The Morgan fingerprint density at radius 2 is 1.15 bits per heavy atom. The first-order chi connectivity index (χ1) is 9.75. The molecule has 3 aromatic carbocycles. The molecule has 0 saturated carbocycles. The van der Waals surface area contributed by atoms with Crippen molar-refractivity contribution in [3.63, 3.8) is 0 Å². The molecule has 0 heterocycles. The number of hydrogen-bond donors (Lipinski definition) is 0. The van der Waals surface area contributed by atoms with Gasteiger partial charge in [0.05, 0.1) is 0 Å². The van der Waals surface area contributed by atoms with E-state index in [0.717, 1.165) is 0 Å². The molecule has 0 nitrogen and oxygen atoms in total. The Morgan fingerprint density at radius 1 is 0.600 bits per heavy atom. The van der Waals surface area contributed by atoms with Crippen molar-refractivity contribution in [3.05, 3.63) is 78.4 Å². The number of rotatable bonds is 2. The summed E-state index contributed by atoms with van der Waals surface area (Å²) in [5.74, 6) is 0. The maximum atomic E-state index is 3.25. The summed E-state index contributed by atoms with van der Waals surface area (Å²) in [6.07, 6.45) is 0. The van der Waals surface area contributed by atoms with Gasteiger partial charge in [0.2, 0.25) is 0 Å². The van der Waals surface area contributed by atoms with E-state index >= 15 is 0 Å². The van der Waals surface area contributed by atoms with Crippen LogP contribution in [-0.4, -0.2) is 16.0 Å². The second-order valence-corrected chi connectivity index (χ2v) is 5.77. The first kappa shape index (κ1) is 13.2. The Kier molecular flexibility index (Phi) is 3.73. The predicted octanol–water partition coefficient (Wildman–Crippen LogP) is 4.12.